The molecule has 0 amide bonds. The number of nitrogens with zero attached hydrogens (tertiary/aromatic N) is 1. The zero-order valence-corrected chi connectivity index (χ0v) is 16.9. The van der Waals surface area contributed by atoms with Gasteiger partial charge in [0.2, 0.25) is 0 Å². The Kier molecular flexibility index (Phi) is 7.45. The standard InChI is InChI=1S/C18H27N5O2S2/c24-27(25,23-18-22-11-12-26-18)17-7-3-5-15(13-17)20-9-2-1-8-19-14-16-6-4-10-21-16/h3,5,7,11-13,16,19-21H,1-2,4,6,8-10,14H2,(H,22,23)/t16-/m0/s1. The van der Waals surface area contributed by atoms with Gasteiger partial charge in [0, 0.05) is 36.4 Å². The molecule has 1 aromatic carbocycles. The number of hydrogen-bond donors (Lipinski definition) is 4. The Morgan fingerprint density at radius 3 is 2.93 bits per heavy atom. The number of nitrogens with one attached hydrogen (secondary N) is 4. The highest BCUT2D eigenvalue weighted by atomic mass is 32.2. The molecule has 0 spiro atoms. The molecule has 1 fully saturated rings. The van der Waals surface area contributed by atoms with E-state index in [1.807, 2.05) is 6.07 Å². The first-order valence-electron chi connectivity index (χ1n) is 9.34. The van der Waals surface area contributed by atoms with E-state index in [1.54, 1.807) is 29.8 Å². The molecule has 1 aliphatic heterocycles. The van der Waals surface area contributed by atoms with Crippen LogP contribution in [0.25, 0.3) is 0 Å². The predicted octanol–water partition coefficient (Wildman–Crippen LogP) is 2.48. The molecule has 0 radical (unpaired) electrons. The number of benzene rings is 1. The second-order valence-electron chi connectivity index (χ2n) is 6.60. The largest absolute Gasteiger partial charge is 0.385 e. The Labute approximate surface area is 165 Å². The molecular weight excluding hydrogens is 382 g/mol. The van der Waals surface area contributed by atoms with Gasteiger partial charge in [-0.2, -0.15) is 0 Å². The highest BCUT2D eigenvalue weighted by Gasteiger charge is 2.16. The van der Waals surface area contributed by atoms with Crippen molar-refractivity contribution in [3.8, 4) is 0 Å². The van der Waals surface area contributed by atoms with Crippen LogP contribution in [-0.4, -0.2) is 45.6 Å². The molecule has 0 aliphatic carbocycles. The molecule has 1 aliphatic rings. The van der Waals surface area contributed by atoms with Crippen molar-refractivity contribution >= 4 is 32.2 Å². The SMILES string of the molecule is O=S(=O)(Nc1nccs1)c1cccc(NCCCCNC[C@@H]2CCCN2)c1. The summed E-state index contributed by atoms with van der Waals surface area (Å²) in [7, 11) is -3.61. The molecular formula is C18H27N5O2S2. The number of rotatable bonds is 11. The number of hydrogen-bond acceptors (Lipinski definition) is 7. The number of anilines is 2. The molecule has 7 nitrogen and oxygen atoms in total. The molecule has 27 heavy (non-hydrogen) atoms. The van der Waals surface area contributed by atoms with Crippen molar-refractivity contribution < 1.29 is 8.42 Å². The van der Waals surface area contributed by atoms with Crippen LogP contribution >= 0.6 is 11.3 Å². The van der Waals surface area contributed by atoms with Crippen LogP contribution in [0.2, 0.25) is 0 Å². The number of aromatic nitrogens is 1. The van der Waals surface area contributed by atoms with Crippen LogP contribution in [0.5, 0.6) is 0 Å². The summed E-state index contributed by atoms with van der Waals surface area (Å²) in [4.78, 5) is 4.19. The molecule has 148 valence electrons. The van der Waals surface area contributed by atoms with Crippen LogP contribution in [0.4, 0.5) is 10.8 Å². The molecule has 1 saturated heterocycles. The molecule has 9 heteroatoms. The molecule has 0 unspecified atom stereocenters. The molecule has 2 aromatic rings. The van der Waals surface area contributed by atoms with E-state index in [0.717, 1.165) is 44.7 Å². The molecule has 0 bridgehead atoms. The summed E-state index contributed by atoms with van der Waals surface area (Å²) in [5, 5.41) is 12.4. The van der Waals surface area contributed by atoms with Gasteiger partial charge < -0.3 is 16.0 Å². The molecule has 3 rings (SSSR count). The highest BCUT2D eigenvalue weighted by Crippen LogP contribution is 2.20. The van der Waals surface area contributed by atoms with Crippen LogP contribution in [-0.2, 0) is 10.0 Å². The Morgan fingerprint density at radius 1 is 1.26 bits per heavy atom. The Morgan fingerprint density at radius 2 is 2.15 bits per heavy atom. The van der Waals surface area contributed by atoms with Gasteiger partial charge in [-0.25, -0.2) is 13.4 Å². The van der Waals surface area contributed by atoms with Crippen molar-refractivity contribution in [2.75, 3.05) is 36.2 Å². The summed E-state index contributed by atoms with van der Waals surface area (Å²) < 4.78 is 27.3. The maximum atomic E-state index is 12.4. The minimum Gasteiger partial charge on any atom is -0.385 e. The number of thiazole rings is 1. The average molecular weight is 410 g/mol. The lowest BCUT2D eigenvalue weighted by molar-refractivity contribution is 0.526. The zero-order valence-electron chi connectivity index (χ0n) is 15.3. The van der Waals surface area contributed by atoms with Gasteiger partial charge in [0.05, 0.1) is 4.90 Å². The highest BCUT2D eigenvalue weighted by molar-refractivity contribution is 7.93. The first-order valence-corrected chi connectivity index (χ1v) is 11.7. The topological polar surface area (TPSA) is 95.2 Å². The van der Waals surface area contributed by atoms with Crippen molar-refractivity contribution in [2.45, 2.75) is 36.6 Å². The Bertz CT molecular complexity index is 790. The van der Waals surface area contributed by atoms with E-state index >= 15 is 0 Å². The van der Waals surface area contributed by atoms with Gasteiger partial charge in [0.25, 0.3) is 10.0 Å². The van der Waals surface area contributed by atoms with E-state index < -0.39 is 10.0 Å². The molecule has 1 atom stereocenters. The lowest BCUT2D eigenvalue weighted by Crippen LogP contribution is -2.34. The Balaban J connectivity index is 1.38. The van der Waals surface area contributed by atoms with Crippen LogP contribution < -0.4 is 20.7 Å². The van der Waals surface area contributed by atoms with Crippen LogP contribution in [0, 0.1) is 0 Å². The van der Waals surface area contributed by atoms with Crippen molar-refractivity contribution in [3.05, 3.63) is 35.8 Å². The van der Waals surface area contributed by atoms with Gasteiger partial charge in [-0.05, 0) is 57.0 Å². The maximum Gasteiger partial charge on any atom is 0.263 e. The Hall–Kier alpha value is -1.68. The fraction of sp³-hybridized carbons (Fsp3) is 0.500. The minimum atomic E-state index is -3.61. The van der Waals surface area contributed by atoms with Crippen molar-refractivity contribution in [1.29, 1.82) is 0 Å². The van der Waals surface area contributed by atoms with Gasteiger partial charge in [0.1, 0.15) is 0 Å². The third-order valence-corrected chi connectivity index (χ3v) is 6.62. The minimum absolute atomic E-state index is 0.230. The number of sulfonamides is 1. The van der Waals surface area contributed by atoms with Gasteiger partial charge in [0.15, 0.2) is 5.13 Å². The summed E-state index contributed by atoms with van der Waals surface area (Å²) in [6.45, 7) is 4.00. The zero-order chi connectivity index (χ0) is 19.0. The summed E-state index contributed by atoms with van der Waals surface area (Å²) in [5.74, 6) is 0. The van der Waals surface area contributed by atoms with Gasteiger partial charge >= 0.3 is 0 Å². The lowest BCUT2D eigenvalue weighted by Gasteiger charge is -2.12. The van der Waals surface area contributed by atoms with Crippen LogP contribution in [0.3, 0.4) is 0 Å². The van der Waals surface area contributed by atoms with Gasteiger partial charge in [-0.1, -0.05) is 6.07 Å². The summed E-state index contributed by atoms with van der Waals surface area (Å²) >= 11 is 1.25. The fourth-order valence-electron chi connectivity index (χ4n) is 3.04. The monoisotopic (exact) mass is 409 g/mol. The van der Waals surface area contributed by atoms with Crippen molar-refractivity contribution in [1.82, 2.24) is 15.6 Å². The van der Waals surface area contributed by atoms with E-state index in [-0.39, 0.29) is 4.90 Å². The van der Waals surface area contributed by atoms with Crippen molar-refractivity contribution in [2.24, 2.45) is 0 Å². The summed E-state index contributed by atoms with van der Waals surface area (Å²) in [5.41, 5.74) is 0.806. The van der Waals surface area contributed by atoms with E-state index in [9.17, 15) is 8.42 Å². The summed E-state index contributed by atoms with van der Waals surface area (Å²) in [6.07, 6.45) is 6.23. The van der Waals surface area contributed by atoms with E-state index in [1.165, 1.54) is 24.2 Å². The average Bonchev–Trinajstić information content (AvgIpc) is 3.35. The summed E-state index contributed by atoms with van der Waals surface area (Å²) in [6, 6.07) is 7.49. The molecule has 2 heterocycles. The molecule has 0 saturated carbocycles. The van der Waals surface area contributed by atoms with Crippen molar-refractivity contribution in [3.63, 3.8) is 0 Å². The fourth-order valence-corrected chi connectivity index (χ4v) is 4.87. The first kappa shape index (κ1) is 20.1. The number of unbranched alkanes of at least 4 members (excludes halogenated alkanes) is 1. The predicted molar refractivity (Wildman–Crippen MR) is 111 cm³/mol. The smallest absolute Gasteiger partial charge is 0.263 e. The second-order valence-corrected chi connectivity index (χ2v) is 9.18. The second kappa shape index (κ2) is 10.0. The quantitative estimate of drug-likeness (QED) is 0.426. The van der Waals surface area contributed by atoms with Gasteiger partial charge in [-0.3, -0.25) is 4.72 Å². The first-order chi connectivity index (χ1) is 13.1. The van der Waals surface area contributed by atoms with Gasteiger partial charge in [-0.15, -0.1) is 11.3 Å². The third kappa shape index (κ3) is 6.46. The van der Waals surface area contributed by atoms with E-state index in [0.29, 0.717) is 11.2 Å². The lowest BCUT2D eigenvalue weighted by atomic mass is 10.2. The van der Waals surface area contributed by atoms with E-state index in [2.05, 4.69) is 25.7 Å². The third-order valence-electron chi connectivity index (χ3n) is 4.46. The van der Waals surface area contributed by atoms with E-state index in [4.69, 9.17) is 0 Å². The van der Waals surface area contributed by atoms with Crippen LogP contribution in [0.15, 0.2) is 40.7 Å². The molecule has 4 N–H and O–H groups in total. The normalized spacial score (nSPS) is 17.1. The van der Waals surface area contributed by atoms with Crippen LogP contribution in [0.1, 0.15) is 25.7 Å². The maximum absolute atomic E-state index is 12.4. The molecule has 1 aromatic heterocycles.